The first-order valence-electron chi connectivity index (χ1n) is 22.4. The number of carboxylic acids is 4. The van der Waals surface area contributed by atoms with E-state index in [9.17, 15) is 39.6 Å². The molecule has 0 radical (unpaired) electrons. The van der Waals surface area contributed by atoms with E-state index >= 15 is 0 Å². The Labute approximate surface area is 428 Å². The number of carboxylic acid groups (broad SMARTS) is 4. The third-order valence-corrected chi connectivity index (χ3v) is 12.5. The first kappa shape index (κ1) is 50.1. The van der Waals surface area contributed by atoms with Gasteiger partial charge in [-0.25, -0.2) is 19.2 Å². The molecule has 9 aromatic rings. The number of aromatic nitrogens is 2. The summed E-state index contributed by atoms with van der Waals surface area (Å²) in [6.07, 6.45) is 9.08. The SMILES string of the molecule is C=Nc1c([N-]c2cc(C(=O)O)cc(-c3ccccc3C)c2N=C)cc(C(=O)O)cc1-c1ccccc1C.O=C(O)c1cc([N-]c2cc(C(=O)O)cc3c2ncc2ccccc23)c2ncc3c(c2c1)CC=CC3.[Fe+2]. The number of allylic oxidation sites excluding steroid dienone is 2. The summed E-state index contributed by atoms with van der Waals surface area (Å²) in [5.74, 6) is -4.42. The molecular weight excluding hydrogens is 965 g/mol. The third-order valence-electron chi connectivity index (χ3n) is 12.5. The van der Waals surface area contributed by atoms with Crippen molar-refractivity contribution in [2.75, 3.05) is 0 Å². The van der Waals surface area contributed by atoms with Gasteiger partial charge in [-0.2, -0.15) is 0 Å². The van der Waals surface area contributed by atoms with Crippen LogP contribution in [0.3, 0.4) is 0 Å². The average Bonchev–Trinajstić information content (AvgIpc) is 3.38. The monoisotopic (exact) mass is 1010 g/mol. The number of aromatic carboxylic acids is 4. The minimum Gasteiger partial charge on any atom is -0.654 e. The van der Waals surface area contributed by atoms with Gasteiger partial charge in [0.25, 0.3) is 0 Å². The summed E-state index contributed by atoms with van der Waals surface area (Å²) < 4.78 is 0. The van der Waals surface area contributed by atoms with Crippen LogP contribution in [0.5, 0.6) is 0 Å². The largest absolute Gasteiger partial charge is 2.00 e. The topological polar surface area (TPSA) is 228 Å². The summed E-state index contributed by atoms with van der Waals surface area (Å²) in [5, 5.41) is 51.8. The van der Waals surface area contributed by atoms with E-state index in [-0.39, 0.29) is 50.7 Å². The fourth-order valence-corrected chi connectivity index (χ4v) is 8.98. The van der Waals surface area contributed by atoms with Crippen LogP contribution >= 0.6 is 0 Å². The van der Waals surface area contributed by atoms with Gasteiger partial charge in [0, 0.05) is 39.7 Å². The van der Waals surface area contributed by atoms with E-state index in [4.69, 9.17) is 10.6 Å². The van der Waals surface area contributed by atoms with Crippen LogP contribution in [0.4, 0.5) is 34.1 Å². The summed E-state index contributed by atoms with van der Waals surface area (Å²) in [7, 11) is 0. The zero-order chi connectivity index (χ0) is 50.8. The maximum absolute atomic E-state index is 12.0. The van der Waals surface area contributed by atoms with Crippen molar-refractivity contribution in [2.45, 2.75) is 26.7 Å². The summed E-state index contributed by atoms with van der Waals surface area (Å²) in [5.41, 5.74) is 9.75. The Bertz CT molecular complexity index is 3700. The summed E-state index contributed by atoms with van der Waals surface area (Å²) in [6.45, 7) is 11.2. The number of rotatable bonds is 12. The zero-order valence-corrected chi connectivity index (χ0v) is 40.2. The van der Waals surface area contributed by atoms with E-state index in [1.54, 1.807) is 24.5 Å². The molecule has 0 aliphatic heterocycles. The predicted octanol–water partition coefficient (Wildman–Crippen LogP) is 14.4. The fourth-order valence-electron chi connectivity index (χ4n) is 8.98. The van der Waals surface area contributed by atoms with Crippen LogP contribution < -0.4 is 0 Å². The molecule has 0 saturated heterocycles. The van der Waals surface area contributed by atoms with E-state index in [0.29, 0.717) is 56.7 Å². The number of hydrogen-bond acceptors (Lipinski definition) is 8. The van der Waals surface area contributed by atoms with E-state index in [2.05, 4.69) is 45.5 Å². The summed E-state index contributed by atoms with van der Waals surface area (Å²) >= 11 is 0. The second-order valence-electron chi connectivity index (χ2n) is 16.9. The van der Waals surface area contributed by atoms with Crippen molar-refractivity contribution >= 4 is 104 Å². The van der Waals surface area contributed by atoms with Crippen molar-refractivity contribution < 1.29 is 56.7 Å². The van der Waals surface area contributed by atoms with E-state index in [0.717, 1.165) is 56.0 Å². The Kier molecular flexibility index (Phi) is 14.4. The predicted molar refractivity (Wildman–Crippen MR) is 282 cm³/mol. The molecule has 2 heterocycles. The number of hydrogen-bond donors (Lipinski definition) is 4. The van der Waals surface area contributed by atoms with Crippen molar-refractivity contribution in [2.24, 2.45) is 9.98 Å². The maximum atomic E-state index is 12.0. The normalized spacial score (nSPS) is 11.4. The second-order valence-corrected chi connectivity index (χ2v) is 16.9. The first-order valence-corrected chi connectivity index (χ1v) is 22.4. The van der Waals surface area contributed by atoms with Crippen molar-refractivity contribution in [3.05, 3.63) is 201 Å². The molecular formula is C58H42FeN6O8. The van der Waals surface area contributed by atoms with Gasteiger partial charge >= 0.3 is 40.9 Å². The van der Waals surface area contributed by atoms with Gasteiger partial charge in [-0.05, 0) is 103 Å². The number of aliphatic imine (C=N–C) groups is 2. The van der Waals surface area contributed by atoms with Crippen molar-refractivity contribution in [3.63, 3.8) is 0 Å². The Morgan fingerprint density at radius 2 is 0.918 bits per heavy atom. The van der Waals surface area contributed by atoms with E-state index in [1.165, 1.54) is 36.4 Å². The fraction of sp³-hybridized carbons (Fsp3) is 0.0690. The summed E-state index contributed by atoms with van der Waals surface area (Å²) in [4.78, 5) is 65.5. The number of aryl methyl sites for hydroxylation is 2. The van der Waals surface area contributed by atoms with Gasteiger partial charge in [0.2, 0.25) is 0 Å². The van der Waals surface area contributed by atoms with Crippen LogP contribution in [-0.2, 0) is 29.9 Å². The molecule has 15 heteroatoms. The molecule has 0 bridgehead atoms. The van der Waals surface area contributed by atoms with Crippen molar-refractivity contribution in [1.82, 2.24) is 9.97 Å². The molecule has 10 rings (SSSR count). The van der Waals surface area contributed by atoms with Crippen LogP contribution in [0.15, 0.2) is 156 Å². The minimum atomic E-state index is -1.14. The van der Waals surface area contributed by atoms with Crippen LogP contribution in [0.25, 0.3) is 65.5 Å². The van der Waals surface area contributed by atoms with Crippen molar-refractivity contribution in [1.29, 1.82) is 0 Å². The molecule has 0 spiro atoms. The third kappa shape index (κ3) is 9.91. The van der Waals surface area contributed by atoms with Gasteiger partial charge in [-0.3, -0.25) is 20.0 Å². The molecule has 1 aliphatic carbocycles. The molecule has 7 aromatic carbocycles. The molecule has 0 saturated carbocycles. The number of carbonyl (C=O) groups is 4. The molecule has 0 unspecified atom stereocenters. The molecule has 4 N–H and O–H groups in total. The smallest absolute Gasteiger partial charge is 0.654 e. The Morgan fingerprint density at radius 1 is 0.493 bits per heavy atom. The van der Waals surface area contributed by atoms with Gasteiger partial charge < -0.3 is 31.1 Å². The first-order chi connectivity index (χ1) is 34.7. The number of pyridine rings is 2. The summed E-state index contributed by atoms with van der Waals surface area (Å²) in [6, 6.07) is 34.7. The number of nitrogens with zero attached hydrogens (tertiary/aromatic N) is 6. The van der Waals surface area contributed by atoms with Crippen LogP contribution in [-0.4, -0.2) is 67.7 Å². The van der Waals surface area contributed by atoms with E-state index < -0.39 is 23.9 Å². The number of benzene rings is 7. The van der Waals surface area contributed by atoms with Gasteiger partial charge in [0.05, 0.1) is 44.7 Å². The van der Waals surface area contributed by atoms with Gasteiger partial charge in [-0.1, -0.05) is 109 Å². The van der Waals surface area contributed by atoms with Gasteiger partial charge in [0.1, 0.15) is 0 Å². The molecule has 0 atom stereocenters. The molecule has 0 fully saturated rings. The van der Waals surface area contributed by atoms with Crippen molar-refractivity contribution in [3.8, 4) is 22.3 Å². The zero-order valence-electron chi connectivity index (χ0n) is 39.1. The molecule has 2 aromatic heterocycles. The number of fused-ring (bicyclic) bond motifs is 6. The molecule has 360 valence electrons. The Balaban J connectivity index is 0.000000192. The second kappa shape index (κ2) is 21.0. The van der Waals surface area contributed by atoms with Gasteiger partial charge in [0.15, 0.2) is 0 Å². The minimum absolute atomic E-state index is 0. The average molecular weight is 1010 g/mol. The molecule has 73 heavy (non-hydrogen) atoms. The van der Waals surface area contributed by atoms with Crippen LogP contribution in [0, 0.1) is 13.8 Å². The molecule has 14 nitrogen and oxygen atoms in total. The van der Waals surface area contributed by atoms with Gasteiger partial charge in [-0.15, -0.1) is 22.7 Å². The van der Waals surface area contributed by atoms with Crippen LogP contribution in [0.1, 0.15) is 63.7 Å². The maximum Gasteiger partial charge on any atom is 2.00 e. The van der Waals surface area contributed by atoms with Crippen LogP contribution in [0.2, 0.25) is 0 Å². The quantitative estimate of drug-likeness (QED) is 0.0392. The molecule has 0 amide bonds. The standard InChI is InChI=1S/C30H24N3O4.C28H18N3O4.Fe/c1-17-9-5-7-11-21(17)23-13-19(29(34)35)15-25(27(23)31-3)33-26-16-20(30(36)37)14-24(28(26)32-4)22-12-8-6-10-18(22)2;32-27(33)17-9-21-19-7-3-1-5-15(19)13-29-25(21)23(11-17)31-24-12-18(28(34)35)10-22-20-8-4-2-6-16(20)14-30-26(22)24;/h5-16H,3-4H2,1-2H3,(H,34,35)(H,36,37);1-5,7,9-14H,6,8H2,(H,32,33)(H,34,35);/q2*-1;+2. The Hall–Kier alpha value is -9.30. The molecule has 1 aliphatic rings. The van der Waals surface area contributed by atoms with E-state index in [1.807, 2.05) is 86.6 Å². The Morgan fingerprint density at radius 3 is 1.44 bits per heavy atom.